The molecule has 4 heteroatoms. The Labute approximate surface area is 91.3 Å². The zero-order valence-electron chi connectivity index (χ0n) is 10.6. The van der Waals surface area contributed by atoms with Crippen LogP contribution in [0.4, 0.5) is 0 Å². The van der Waals surface area contributed by atoms with Gasteiger partial charge in [0.1, 0.15) is 0 Å². The van der Waals surface area contributed by atoms with Crippen LogP contribution in [0, 0.1) is 0 Å². The first-order chi connectivity index (χ1) is 6.27. The molecule has 0 aromatic rings. The van der Waals surface area contributed by atoms with Gasteiger partial charge in [-0.15, -0.1) is 0 Å². The van der Waals surface area contributed by atoms with Crippen LogP contribution in [0.3, 0.4) is 0 Å². The lowest BCUT2D eigenvalue weighted by Gasteiger charge is -2.20. The largest absolute Gasteiger partial charge is 0.420 e. The summed E-state index contributed by atoms with van der Waals surface area (Å²) in [6.45, 7) is 12.2. The van der Waals surface area contributed by atoms with E-state index in [2.05, 4.69) is 32.7 Å². The molecule has 0 saturated carbocycles. The van der Waals surface area contributed by atoms with Crippen molar-refractivity contribution in [1.82, 2.24) is 0 Å². The van der Waals surface area contributed by atoms with Gasteiger partial charge in [-0.3, -0.25) is 0 Å². The topological polar surface area (TPSA) is 18.5 Å². The molecule has 0 bridgehead atoms. The molecule has 0 aliphatic heterocycles. The van der Waals surface area contributed by atoms with Crippen molar-refractivity contribution < 1.29 is 8.85 Å². The molecule has 0 atom stereocenters. The second kappa shape index (κ2) is 6.05. The molecule has 2 nitrogen and oxygen atoms in total. The molecule has 0 unspecified atom stereocenters. The molecular weight excluding hydrogens is 208 g/mol. The average Bonchev–Trinajstić information content (AvgIpc) is 2.01. The van der Waals surface area contributed by atoms with Crippen LogP contribution < -0.4 is 0 Å². The highest BCUT2D eigenvalue weighted by Crippen LogP contribution is 2.14. The maximum atomic E-state index is 5.79. The molecular formula is C10H26O2Si2. The van der Waals surface area contributed by atoms with E-state index < -0.39 is 16.6 Å². The minimum atomic E-state index is -1.32. The average molecular weight is 234 g/mol. The summed E-state index contributed by atoms with van der Waals surface area (Å²) in [4.78, 5) is 0. The van der Waals surface area contributed by atoms with Gasteiger partial charge in [0, 0.05) is 13.7 Å². The summed E-state index contributed by atoms with van der Waals surface area (Å²) >= 11 is 0. The van der Waals surface area contributed by atoms with E-state index in [0.29, 0.717) is 0 Å². The fourth-order valence-electron chi connectivity index (χ4n) is 1.13. The highest BCUT2D eigenvalue weighted by Gasteiger charge is 2.19. The van der Waals surface area contributed by atoms with Crippen molar-refractivity contribution in [3.8, 4) is 0 Å². The highest BCUT2D eigenvalue weighted by atomic mass is 28.4. The van der Waals surface area contributed by atoms with Gasteiger partial charge in [-0.1, -0.05) is 6.42 Å². The summed E-state index contributed by atoms with van der Waals surface area (Å²) in [5.74, 6) is 0. The van der Waals surface area contributed by atoms with Gasteiger partial charge in [-0.05, 0) is 45.2 Å². The maximum absolute atomic E-state index is 5.79. The molecule has 0 saturated heterocycles. The Kier molecular flexibility index (Phi) is 6.20. The summed E-state index contributed by atoms with van der Waals surface area (Å²) < 4.78 is 11.3. The predicted molar refractivity (Wildman–Crippen MR) is 67.8 cm³/mol. The summed E-state index contributed by atoms with van der Waals surface area (Å²) in [6, 6.07) is 1.25. The zero-order chi connectivity index (χ0) is 11.2. The summed E-state index contributed by atoms with van der Waals surface area (Å²) in [6.07, 6.45) is 2.43. The minimum absolute atomic E-state index is 0.934. The van der Waals surface area contributed by atoms with Gasteiger partial charge in [-0.2, -0.15) is 0 Å². The molecule has 0 aromatic carbocycles. The second-order valence-corrected chi connectivity index (χ2v) is 14.3. The lowest BCUT2D eigenvalue weighted by molar-refractivity contribution is 0.301. The molecule has 0 aromatic heterocycles. The Hall–Kier alpha value is 0.354. The standard InChI is InChI=1S/C10H26O2Si2/c1-11-14(5,6)10-8-7-9-12-13(2,3)4/h7-10H2,1-6H3. The van der Waals surface area contributed by atoms with Gasteiger partial charge in [0.05, 0.1) is 0 Å². The minimum Gasteiger partial charge on any atom is -0.420 e. The molecule has 0 radical (unpaired) electrons. The van der Waals surface area contributed by atoms with Crippen LogP contribution in [0.2, 0.25) is 38.8 Å². The van der Waals surface area contributed by atoms with Gasteiger partial charge in [-0.25, -0.2) is 0 Å². The van der Waals surface area contributed by atoms with Gasteiger partial charge < -0.3 is 8.85 Å². The Balaban J connectivity index is 3.39. The van der Waals surface area contributed by atoms with Crippen molar-refractivity contribution in [2.45, 2.75) is 51.6 Å². The molecule has 0 N–H and O–H groups in total. The van der Waals surface area contributed by atoms with E-state index >= 15 is 0 Å². The van der Waals surface area contributed by atoms with Crippen LogP contribution in [0.5, 0.6) is 0 Å². The van der Waals surface area contributed by atoms with E-state index in [0.717, 1.165) is 6.61 Å². The fourth-order valence-corrected chi connectivity index (χ4v) is 3.20. The first kappa shape index (κ1) is 14.4. The molecule has 0 aliphatic rings. The van der Waals surface area contributed by atoms with Gasteiger partial charge in [0.2, 0.25) is 0 Å². The van der Waals surface area contributed by atoms with E-state index in [4.69, 9.17) is 8.85 Å². The normalized spacial score (nSPS) is 13.3. The zero-order valence-corrected chi connectivity index (χ0v) is 12.6. The Morgan fingerprint density at radius 1 is 0.929 bits per heavy atom. The Morgan fingerprint density at radius 2 is 1.50 bits per heavy atom. The van der Waals surface area contributed by atoms with Crippen molar-refractivity contribution in [3.63, 3.8) is 0 Å². The van der Waals surface area contributed by atoms with Gasteiger partial charge in [0.15, 0.2) is 16.6 Å². The molecule has 0 fully saturated rings. The predicted octanol–water partition coefficient (Wildman–Crippen LogP) is 3.47. The molecule has 14 heavy (non-hydrogen) atoms. The van der Waals surface area contributed by atoms with Crippen LogP contribution in [0.1, 0.15) is 12.8 Å². The SMILES string of the molecule is CO[Si](C)(C)CCCCO[Si](C)(C)C. The molecule has 0 amide bonds. The fraction of sp³-hybridized carbons (Fsp3) is 1.00. The second-order valence-electron chi connectivity index (χ2n) is 5.38. The first-order valence-corrected chi connectivity index (χ1v) is 12.0. The third-order valence-corrected chi connectivity index (χ3v) is 5.99. The Bertz CT molecular complexity index is 153. The van der Waals surface area contributed by atoms with E-state index in [1.54, 1.807) is 0 Å². The van der Waals surface area contributed by atoms with Crippen molar-refractivity contribution >= 4 is 16.6 Å². The van der Waals surface area contributed by atoms with Crippen LogP contribution in [-0.2, 0) is 8.85 Å². The van der Waals surface area contributed by atoms with E-state index in [9.17, 15) is 0 Å². The van der Waals surface area contributed by atoms with E-state index in [1.807, 2.05) is 7.11 Å². The van der Waals surface area contributed by atoms with E-state index in [-0.39, 0.29) is 0 Å². The molecule has 0 spiro atoms. The van der Waals surface area contributed by atoms with Crippen LogP contribution >= 0.6 is 0 Å². The Morgan fingerprint density at radius 3 is 1.93 bits per heavy atom. The molecule has 0 aliphatic carbocycles. The summed E-state index contributed by atoms with van der Waals surface area (Å²) in [5, 5.41) is 0. The highest BCUT2D eigenvalue weighted by molar-refractivity contribution is 6.71. The van der Waals surface area contributed by atoms with Crippen LogP contribution in [0.25, 0.3) is 0 Å². The van der Waals surface area contributed by atoms with Gasteiger partial charge >= 0.3 is 0 Å². The quantitative estimate of drug-likeness (QED) is 0.496. The molecule has 86 valence electrons. The smallest absolute Gasteiger partial charge is 0.186 e. The van der Waals surface area contributed by atoms with Crippen molar-refractivity contribution in [2.75, 3.05) is 13.7 Å². The number of hydrogen-bond donors (Lipinski definition) is 0. The monoisotopic (exact) mass is 234 g/mol. The third kappa shape index (κ3) is 8.93. The first-order valence-electron chi connectivity index (χ1n) is 5.46. The lowest BCUT2D eigenvalue weighted by atomic mass is 10.4. The van der Waals surface area contributed by atoms with Crippen molar-refractivity contribution in [2.24, 2.45) is 0 Å². The molecule has 0 heterocycles. The lowest BCUT2D eigenvalue weighted by Crippen LogP contribution is -2.29. The van der Waals surface area contributed by atoms with E-state index in [1.165, 1.54) is 18.9 Å². The van der Waals surface area contributed by atoms with Crippen molar-refractivity contribution in [1.29, 1.82) is 0 Å². The van der Waals surface area contributed by atoms with Crippen LogP contribution in [-0.4, -0.2) is 30.4 Å². The number of unbranched alkanes of at least 4 members (excludes halogenated alkanes) is 1. The molecule has 0 rings (SSSR count). The summed E-state index contributed by atoms with van der Waals surface area (Å²) in [5.41, 5.74) is 0. The third-order valence-electron chi connectivity index (χ3n) is 2.26. The number of hydrogen-bond acceptors (Lipinski definition) is 2. The summed E-state index contributed by atoms with van der Waals surface area (Å²) in [7, 11) is -0.761. The van der Waals surface area contributed by atoms with Crippen LogP contribution in [0.15, 0.2) is 0 Å². The van der Waals surface area contributed by atoms with Gasteiger partial charge in [0.25, 0.3) is 0 Å². The number of rotatable bonds is 7. The maximum Gasteiger partial charge on any atom is 0.186 e. The van der Waals surface area contributed by atoms with Crippen molar-refractivity contribution in [3.05, 3.63) is 0 Å².